The molecule has 0 amide bonds. The molecule has 0 N–H and O–H groups in total. The summed E-state index contributed by atoms with van der Waals surface area (Å²) >= 11 is 0. The van der Waals surface area contributed by atoms with Gasteiger partial charge in [0, 0.05) is 31.9 Å². The van der Waals surface area contributed by atoms with Crippen molar-refractivity contribution in [1.29, 1.82) is 0 Å². The Morgan fingerprint density at radius 1 is 1.48 bits per heavy atom. The Morgan fingerprint density at radius 3 is 3.04 bits per heavy atom. The van der Waals surface area contributed by atoms with Crippen LogP contribution in [0.15, 0.2) is 30.5 Å². The van der Waals surface area contributed by atoms with E-state index in [9.17, 15) is 9.59 Å². The van der Waals surface area contributed by atoms with Crippen LogP contribution in [0, 0.1) is 12.3 Å². The lowest BCUT2D eigenvalue weighted by atomic mass is 9.54. The van der Waals surface area contributed by atoms with Crippen LogP contribution in [0.25, 0.3) is 0 Å². The molecule has 0 spiro atoms. The number of hydrogen-bond acceptors (Lipinski definition) is 5. The normalized spacial score (nSPS) is 27.0. The number of fused-ring (bicyclic) bond motifs is 4. The Bertz CT molecular complexity index is 718. The first-order valence-electron chi connectivity index (χ1n) is 7.51. The van der Waals surface area contributed by atoms with Crippen LogP contribution in [0.5, 0.6) is 0 Å². The molecule has 0 unspecified atom stereocenters. The molecule has 3 rings (SSSR count). The van der Waals surface area contributed by atoms with Crippen molar-refractivity contribution >= 4 is 11.9 Å². The first-order valence-corrected chi connectivity index (χ1v) is 7.51. The summed E-state index contributed by atoms with van der Waals surface area (Å²) in [5.74, 6) is 1.61. The summed E-state index contributed by atoms with van der Waals surface area (Å²) in [6.07, 6.45) is 10.8. The van der Waals surface area contributed by atoms with Crippen LogP contribution in [0.4, 0.5) is 0 Å². The molecule has 1 aromatic rings. The van der Waals surface area contributed by atoms with Gasteiger partial charge in [0.2, 0.25) is 0 Å². The SMILES string of the molecule is C#CCCOC(=O)[C@]12C[C@H](OC(C)=O)C=C[C@H]1c1cccnc12. The maximum absolute atomic E-state index is 12.7. The van der Waals surface area contributed by atoms with Crippen LogP contribution >= 0.6 is 0 Å². The predicted molar refractivity (Wildman–Crippen MR) is 82.4 cm³/mol. The molecule has 5 nitrogen and oxygen atoms in total. The number of allylic oxidation sites excluding steroid dienone is 1. The number of aromatic nitrogens is 1. The van der Waals surface area contributed by atoms with Crippen molar-refractivity contribution < 1.29 is 19.1 Å². The summed E-state index contributed by atoms with van der Waals surface area (Å²) in [5.41, 5.74) is 0.830. The fourth-order valence-corrected chi connectivity index (χ4v) is 3.42. The first-order chi connectivity index (χ1) is 11.1. The van der Waals surface area contributed by atoms with Crippen molar-refractivity contribution in [2.75, 3.05) is 6.61 Å². The van der Waals surface area contributed by atoms with Gasteiger partial charge in [-0.3, -0.25) is 14.6 Å². The number of pyridine rings is 1. The molecular weight excluding hydrogens is 294 g/mol. The van der Waals surface area contributed by atoms with Gasteiger partial charge in [0.1, 0.15) is 18.1 Å². The van der Waals surface area contributed by atoms with E-state index in [4.69, 9.17) is 15.9 Å². The zero-order valence-electron chi connectivity index (χ0n) is 12.8. The Morgan fingerprint density at radius 2 is 2.30 bits per heavy atom. The van der Waals surface area contributed by atoms with Gasteiger partial charge < -0.3 is 9.47 Å². The van der Waals surface area contributed by atoms with Gasteiger partial charge in [0.15, 0.2) is 0 Å². The summed E-state index contributed by atoms with van der Waals surface area (Å²) in [4.78, 5) is 28.4. The lowest BCUT2D eigenvalue weighted by Gasteiger charge is -2.49. The zero-order chi connectivity index (χ0) is 16.4. The fraction of sp³-hybridized carbons (Fsp3) is 0.389. The van der Waals surface area contributed by atoms with Gasteiger partial charge in [0.25, 0.3) is 0 Å². The van der Waals surface area contributed by atoms with E-state index in [0.717, 1.165) is 5.56 Å². The van der Waals surface area contributed by atoms with Gasteiger partial charge >= 0.3 is 11.9 Å². The molecule has 0 radical (unpaired) electrons. The average Bonchev–Trinajstić information content (AvgIpc) is 2.52. The van der Waals surface area contributed by atoms with Gasteiger partial charge in [-0.25, -0.2) is 0 Å². The van der Waals surface area contributed by atoms with Gasteiger partial charge in [-0.2, -0.15) is 0 Å². The third-order valence-electron chi connectivity index (χ3n) is 4.33. The van der Waals surface area contributed by atoms with E-state index < -0.39 is 11.5 Å². The van der Waals surface area contributed by atoms with Crippen molar-refractivity contribution in [1.82, 2.24) is 4.98 Å². The molecule has 0 fully saturated rings. The number of carbonyl (C=O) groups excluding carboxylic acids is 2. The summed E-state index contributed by atoms with van der Waals surface area (Å²) in [5, 5.41) is 0. The van der Waals surface area contributed by atoms with E-state index in [1.54, 1.807) is 6.20 Å². The maximum atomic E-state index is 12.7. The highest BCUT2D eigenvalue weighted by atomic mass is 16.5. The van der Waals surface area contributed by atoms with Crippen LogP contribution in [-0.4, -0.2) is 29.6 Å². The van der Waals surface area contributed by atoms with Crippen LogP contribution in [0.1, 0.15) is 36.9 Å². The molecule has 0 saturated carbocycles. The predicted octanol–water partition coefficient (Wildman–Crippen LogP) is 1.87. The first kappa shape index (κ1) is 15.3. The molecule has 1 heterocycles. The Balaban J connectivity index is 1.92. The zero-order valence-corrected chi connectivity index (χ0v) is 12.8. The molecule has 2 aliphatic carbocycles. The largest absolute Gasteiger partial charge is 0.464 e. The number of terminal acetylenes is 1. The van der Waals surface area contributed by atoms with Crippen molar-refractivity contribution in [2.24, 2.45) is 0 Å². The van der Waals surface area contributed by atoms with E-state index >= 15 is 0 Å². The van der Waals surface area contributed by atoms with Crippen LogP contribution in [0.2, 0.25) is 0 Å². The third kappa shape index (κ3) is 2.40. The highest BCUT2D eigenvalue weighted by molar-refractivity contribution is 5.89. The van der Waals surface area contributed by atoms with E-state index in [0.29, 0.717) is 18.5 Å². The molecule has 1 aromatic heterocycles. The van der Waals surface area contributed by atoms with Crippen LogP contribution < -0.4 is 0 Å². The number of carbonyl (C=O) groups is 2. The van der Waals surface area contributed by atoms with E-state index in [-0.39, 0.29) is 24.5 Å². The van der Waals surface area contributed by atoms with Gasteiger partial charge in [-0.05, 0) is 17.7 Å². The second-order valence-electron chi connectivity index (χ2n) is 5.72. The molecule has 23 heavy (non-hydrogen) atoms. The molecule has 0 saturated heterocycles. The highest BCUT2D eigenvalue weighted by Gasteiger charge is 2.61. The van der Waals surface area contributed by atoms with Gasteiger partial charge in [-0.1, -0.05) is 12.1 Å². The quantitative estimate of drug-likeness (QED) is 0.368. The highest BCUT2D eigenvalue weighted by Crippen LogP contribution is 2.57. The van der Waals surface area contributed by atoms with E-state index in [1.807, 2.05) is 24.3 Å². The lowest BCUT2D eigenvalue weighted by Crippen LogP contribution is -2.54. The van der Waals surface area contributed by atoms with Crippen molar-refractivity contribution in [2.45, 2.75) is 37.2 Å². The standard InChI is InChI=1S/C18H17NO4/c1-3-4-10-22-17(21)18-11-13(23-12(2)20)7-8-15(18)14-6-5-9-19-16(14)18/h1,5-9,13,15H,4,10-11H2,2H3/t13-,15+,18-/m1/s1. The number of nitrogens with zero attached hydrogens (tertiary/aromatic N) is 1. The number of ether oxygens (including phenoxy) is 2. The average molecular weight is 311 g/mol. The van der Waals surface area contributed by atoms with Gasteiger partial charge in [-0.15, -0.1) is 12.3 Å². The number of esters is 2. The maximum Gasteiger partial charge on any atom is 0.319 e. The summed E-state index contributed by atoms with van der Waals surface area (Å²) in [6, 6.07) is 3.80. The summed E-state index contributed by atoms with van der Waals surface area (Å²) in [7, 11) is 0. The smallest absolute Gasteiger partial charge is 0.319 e. The molecule has 5 heteroatoms. The molecular formula is C18H17NO4. The fourth-order valence-electron chi connectivity index (χ4n) is 3.42. The van der Waals surface area contributed by atoms with Gasteiger partial charge in [0.05, 0.1) is 5.69 Å². The number of hydrogen-bond donors (Lipinski definition) is 0. The Kier molecular flexibility index (Phi) is 3.91. The molecule has 0 aliphatic heterocycles. The lowest BCUT2D eigenvalue weighted by molar-refractivity contribution is -0.158. The minimum absolute atomic E-state index is 0.101. The minimum Gasteiger partial charge on any atom is -0.464 e. The topological polar surface area (TPSA) is 65.5 Å². The van der Waals surface area contributed by atoms with Crippen LogP contribution in [-0.2, 0) is 24.5 Å². The summed E-state index contributed by atoms with van der Waals surface area (Å²) < 4.78 is 10.6. The number of rotatable bonds is 4. The molecule has 2 aliphatic rings. The summed E-state index contributed by atoms with van der Waals surface area (Å²) in [6.45, 7) is 1.53. The molecule has 0 bridgehead atoms. The minimum atomic E-state index is -0.889. The second-order valence-corrected chi connectivity index (χ2v) is 5.72. The van der Waals surface area contributed by atoms with E-state index in [2.05, 4.69) is 10.9 Å². The molecule has 118 valence electrons. The van der Waals surface area contributed by atoms with Crippen molar-refractivity contribution in [3.8, 4) is 12.3 Å². The Labute approximate surface area is 134 Å². The molecule has 3 atom stereocenters. The Hall–Kier alpha value is -2.61. The van der Waals surface area contributed by atoms with Crippen molar-refractivity contribution in [3.05, 3.63) is 41.7 Å². The molecule has 0 aromatic carbocycles. The van der Waals surface area contributed by atoms with E-state index in [1.165, 1.54) is 6.92 Å². The van der Waals surface area contributed by atoms with Crippen molar-refractivity contribution in [3.63, 3.8) is 0 Å². The monoisotopic (exact) mass is 311 g/mol. The third-order valence-corrected chi connectivity index (χ3v) is 4.33. The van der Waals surface area contributed by atoms with Crippen LogP contribution in [0.3, 0.4) is 0 Å². The second kappa shape index (κ2) is 5.88.